The van der Waals surface area contributed by atoms with Crippen LogP contribution in [0.1, 0.15) is 23.5 Å². The van der Waals surface area contributed by atoms with Crippen LogP contribution in [0.4, 0.5) is 5.69 Å². The SMILES string of the molecule is O=C(O)C[C@@H]1CN(S(=O)(=O)/C=C/c2ccc(Cl)cc2)c2ccccc21. The molecule has 1 aliphatic heterocycles. The highest BCUT2D eigenvalue weighted by molar-refractivity contribution is 7.95. The molecule has 0 amide bonds. The Labute approximate surface area is 151 Å². The molecule has 7 heteroatoms. The summed E-state index contributed by atoms with van der Waals surface area (Å²) in [4.78, 5) is 11.1. The summed E-state index contributed by atoms with van der Waals surface area (Å²) in [6.07, 6.45) is 1.39. The number of fused-ring (bicyclic) bond motifs is 1. The third-order valence-electron chi connectivity index (χ3n) is 4.06. The molecule has 0 fully saturated rings. The Bertz CT molecular complexity index is 922. The molecule has 3 rings (SSSR count). The predicted octanol–water partition coefficient (Wildman–Crippen LogP) is 3.72. The zero-order valence-corrected chi connectivity index (χ0v) is 14.7. The third kappa shape index (κ3) is 3.86. The van der Waals surface area contributed by atoms with Crippen LogP contribution in [0.2, 0.25) is 5.02 Å². The summed E-state index contributed by atoms with van der Waals surface area (Å²) in [7, 11) is -3.72. The maximum absolute atomic E-state index is 12.7. The molecule has 0 aromatic heterocycles. The van der Waals surface area contributed by atoms with Crippen LogP contribution >= 0.6 is 11.6 Å². The van der Waals surface area contributed by atoms with Crippen LogP contribution in [0.25, 0.3) is 6.08 Å². The molecule has 25 heavy (non-hydrogen) atoms. The molecular weight excluding hydrogens is 362 g/mol. The Kier molecular flexibility index (Phi) is 4.83. The van der Waals surface area contributed by atoms with E-state index in [1.807, 2.05) is 0 Å². The molecule has 130 valence electrons. The van der Waals surface area contributed by atoms with Gasteiger partial charge in [0.1, 0.15) is 0 Å². The Morgan fingerprint density at radius 3 is 2.56 bits per heavy atom. The van der Waals surface area contributed by atoms with Crippen molar-refractivity contribution in [3.8, 4) is 0 Å². The van der Waals surface area contributed by atoms with Crippen molar-refractivity contribution in [3.05, 3.63) is 70.1 Å². The number of carboxylic acid groups (broad SMARTS) is 1. The molecule has 5 nitrogen and oxygen atoms in total. The molecule has 0 spiro atoms. The standard InChI is InChI=1S/C18H16ClNO4S/c19-15-7-5-13(6-8-15)9-10-25(23,24)20-12-14(11-18(21)22)16-3-1-2-4-17(16)20/h1-10,14H,11-12H2,(H,21,22)/b10-9+/t14-/m1/s1. The van der Waals surface area contributed by atoms with E-state index >= 15 is 0 Å². The molecule has 0 saturated heterocycles. The van der Waals surface area contributed by atoms with Crippen LogP contribution < -0.4 is 4.31 Å². The van der Waals surface area contributed by atoms with Gasteiger partial charge in [0.15, 0.2) is 0 Å². The predicted molar refractivity (Wildman–Crippen MR) is 98.2 cm³/mol. The van der Waals surface area contributed by atoms with E-state index in [2.05, 4.69) is 0 Å². The van der Waals surface area contributed by atoms with Gasteiger partial charge in [0.05, 0.1) is 17.5 Å². The molecule has 1 atom stereocenters. The zero-order chi connectivity index (χ0) is 18.0. The van der Waals surface area contributed by atoms with Gasteiger partial charge in [-0.05, 0) is 35.4 Å². The van der Waals surface area contributed by atoms with Crippen LogP contribution in [0.3, 0.4) is 0 Å². The van der Waals surface area contributed by atoms with E-state index in [1.165, 1.54) is 10.4 Å². The first-order valence-electron chi connectivity index (χ1n) is 7.64. The topological polar surface area (TPSA) is 74.7 Å². The monoisotopic (exact) mass is 377 g/mol. The first kappa shape index (κ1) is 17.5. The Balaban J connectivity index is 1.89. The fourth-order valence-corrected chi connectivity index (χ4v) is 4.33. The minimum Gasteiger partial charge on any atom is -0.481 e. The van der Waals surface area contributed by atoms with E-state index in [0.29, 0.717) is 16.3 Å². The van der Waals surface area contributed by atoms with Crippen molar-refractivity contribution >= 4 is 39.4 Å². The van der Waals surface area contributed by atoms with E-state index in [0.717, 1.165) is 11.0 Å². The van der Waals surface area contributed by atoms with Gasteiger partial charge in [-0.2, -0.15) is 0 Å². The fraction of sp³-hybridized carbons (Fsp3) is 0.167. The van der Waals surface area contributed by atoms with Crippen molar-refractivity contribution in [2.75, 3.05) is 10.8 Å². The second-order valence-corrected chi connectivity index (χ2v) is 7.96. The number of rotatable bonds is 5. The lowest BCUT2D eigenvalue weighted by Crippen LogP contribution is -2.28. The van der Waals surface area contributed by atoms with Gasteiger partial charge in [0, 0.05) is 17.5 Å². The molecule has 1 aliphatic rings. The lowest BCUT2D eigenvalue weighted by molar-refractivity contribution is -0.137. The van der Waals surface area contributed by atoms with Crippen molar-refractivity contribution in [1.29, 1.82) is 0 Å². The van der Waals surface area contributed by atoms with Gasteiger partial charge in [-0.1, -0.05) is 41.9 Å². The second kappa shape index (κ2) is 6.90. The number of para-hydroxylation sites is 1. The van der Waals surface area contributed by atoms with Gasteiger partial charge >= 0.3 is 5.97 Å². The highest BCUT2D eigenvalue weighted by Gasteiger charge is 2.35. The molecular formula is C18H16ClNO4S. The number of hydrogen-bond donors (Lipinski definition) is 1. The van der Waals surface area contributed by atoms with Gasteiger partial charge in [0.2, 0.25) is 0 Å². The van der Waals surface area contributed by atoms with E-state index in [1.54, 1.807) is 48.5 Å². The van der Waals surface area contributed by atoms with Crippen molar-refractivity contribution in [2.45, 2.75) is 12.3 Å². The highest BCUT2D eigenvalue weighted by Crippen LogP contribution is 2.39. The number of nitrogens with zero attached hydrogens (tertiary/aromatic N) is 1. The van der Waals surface area contributed by atoms with Crippen LogP contribution in [0.15, 0.2) is 53.9 Å². The maximum Gasteiger partial charge on any atom is 0.304 e. The summed E-state index contributed by atoms with van der Waals surface area (Å²) >= 11 is 5.82. The van der Waals surface area contributed by atoms with E-state index < -0.39 is 16.0 Å². The quantitative estimate of drug-likeness (QED) is 0.861. The highest BCUT2D eigenvalue weighted by atomic mass is 35.5. The molecule has 1 heterocycles. The number of aliphatic carboxylic acids is 1. The largest absolute Gasteiger partial charge is 0.481 e. The van der Waals surface area contributed by atoms with Crippen LogP contribution in [-0.2, 0) is 14.8 Å². The lowest BCUT2D eigenvalue weighted by atomic mass is 9.98. The number of hydrogen-bond acceptors (Lipinski definition) is 3. The Morgan fingerprint density at radius 1 is 1.20 bits per heavy atom. The summed E-state index contributed by atoms with van der Waals surface area (Å²) in [5.41, 5.74) is 1.99. The van der Waals surface area contributed by atoms with Crippen LogP contribution in [0, 0.1) is 0 Å². The van der Waals surface area contributed by atoms with Crippen molar-refractivity contribution < 1.29 is 18.3 Å². The summed E-state index contributed by atoms with van der Waals surface area (Å²) in [6, 6.07) is 13.8. The average molecular weight is 378 g/mol. The van der Waals surface area contributed by atoms with Gasteiger partial charge in [0.25, 0.3) is 10.0 Å². The maximum atomic E-state index is 12.7. The van der Waals surface area contributed by atoms with Gasteiger partial charge in [-0.15, -0.1) is 0 Å². The Hall–Kier alpha value is -2.31. The number of halogens is 1. The second-order valence-electron chi connectivity index (χ2n) is 5.78. The van der Waals surface area contributed by atoms with Crippen LogP contribution in [0.5, 0.6) is 0 Å². The van der Waals surface area contributed by atoms with Crippen molar-refractivity contribution in [1.82, 2.24) is 0 Å². The molecule has 0 aliphatic carbocycles. The number of anilines is 1. The van der Waals surface area contributed by atoms with Crippen LogP contribution in [-0.4, -0.2) is 26.0 Å². The summed E-state index contributed by atoms with van der Waals surface area (Å²) < 4.78 is 26.7. The lowest BCUT2D eigenvalue weighted by Gasteiger charge is -2.17. The molecule has 1 N–H and O–H groups in total. The van der Waals surface area contributed by atoms with E-state index in [9.17, 15) is 13.2 Å². The third-order valence-corrected chi connectivity index (χ3v) is 5.75. The van der Waals surface area contributed by atoms with E-state index in [-0.39, 0.29) is 18.9 Å². The molecule has 2 aromatic rings. The average Bonchev–Trinajstić information content (AvgIpc) is 2.94. The van der Waals surface area contributed by atoms with Gasteiger partial charge in [-0.3, -0.25) is 9.10 Å². The minimum absolute atomic E-state index is 0.107. The molecule has 0 bridgehead atoms. The first-order valence-corrected chi connectivity index (χ1v) is 9.52. The molecule has 2 aromatic carbocycles. The summed E-state index contributed by atoms with van der Waals surface area (Å²) in [5.74, 6) is -1.30. The summed E-state index contributed by atoms with van der Waals surface area (Å²) in [6.45, 7) is 0.124. The molecule has 0 saturated carbocycles. The first-order chi connectivity index (χ1) is 11.9. The van der Waals surface area contributed by atoms with Crippen molar-refractivity contribution in [2.24, 2.45) is 0 Å². The smallest absolute Gasteiger partial charge is 0.304 e. The van der Waals surface area contributed by atoms with Crippen molar-refractivity contribution in [3.63, 3.8) is 0 Å². The zero-order valence-electron chi connectivity index (χ0n) is 13.2. The number of sulfonamides is 1. The minimum atomic E-state index is -3.72. The normalized spacial score (nSPS) is 17.0. The number of benzene rings is 2. The number of carboxylic acids is 1. The number of carbonyl (C=O) groups is 1. The summed E-state index contributed by atoms with van der Waals surface area (Å²) in [5, 5.41) is 10.8. The molecule has 0 radical (unpaired) electrons. The van der Waals surface area contributed by atoms with E-state index in [4.69, 9.17) is 16.7 Å². The fourth-order valence-electron chi connectivity index (χ4n) is 2.89. The van der Waals surface area contributed by atoms with Gasteiger partial charge < -0.3 is 5.11 Å². The van der Waals surface area contributed by atoms with Gasteiger partial charge in [-0.25, -0.2) is 8.42 Å². The Morgan fingerprint density at radius 2 is 1.88 bits per heavy atom. The molecule has 0 unspecified atom stereocenters.